The maximum Gasteiger partial charge on any atom is 0.416 e. The molecule has 5 nitrogen and oxygen atoms in total. The quantitative estimate of drug-likeness (QED) is 0.410. The number of hydrogen-bond acceptors (Lipinski definition) is 3. The predicted octanol–water partition coefficient (Wildman–Crippen LogP) is 6.06. The molecule has 1 fully saturated rings. The molecular formula is C25H24BrF3N4O. The number of fused-ring (bicyclic) bond motifs is 1. The minimum absolute atomic E-state index is 0.0182. The van der Waals surface area contributed by atoms with Crippen LogP contribution in [0.3, 0.4) is 0 Å². The summed E-state index contributed by atoms with van der Waals surface area (Å²) in [6.45, 7) is 4.34. The van der Waals surface area contributed by atoms with Gasteiger partial charge in [0.05, 0.1) is 12.1 Å². The van der Waals surface area contributed by atoms with E-state index in [9.17, 15) is 18.0 Å². The molecular weight excluding hydrogens is 509 g/mol. The van der Waals surface area contributed by atoms with Gasteiger partial charge in [0.25, 0.3) is 5.91 Å². The first-order chi connectivity index (χ1) is 15.9. The van der Waals surface area contributed by atoms with E-state index in [1.807, 2.05) is 29.8 Å². The number of alkyl halides is 3. The third-order valence-electron chi connectivity index (χ3n) is 7.02. The van der Waals surface area contributed by atoms with Gasteiger partial charge in [-0.25, -0.2) is 0 Å². The molecule has 5 rings (SSSR count). The van der Waals surface area contributed by atoms with Crippen molar-refractivity contribution in [1.29, 1.82) is 0 Å². The zero-order valence-corrected chi connectivity index (χ0v) is 20.7. The molecule has 0 spiro atoms. The van der Waals surface area contributed by atoms with E-state index in [1.165, 1.54) is 11.0 Å². The Morgan fingerprint density at radius 3 is 2.50 bits per heavy atom. The molecule has 0 radical (unpaired) electrons. The highest BCUT2D eigenvalue weighted by Gasteiger charge is 2.51. The molecule has 1 aliphatic carbocycles. The topological polar surface area (TPSA) is 51.0 Å². The van der Waals surface area contributed by atoms with Crippen molar-refractivity contribution in [2.75, 3.05) is 4.90 Å². The van der Waals surface area contributed by atoms with Gasteiger partial charge in [0.1, 0.15) is 12.2 Å². The number of benzene rings is 2. The molecule has 0 bridgehead atoms. The third-order valence-corrected chi connectivity index (χ3v) is 7.48. The number of aromatic nitrogens is 3. The molecule has 2 aromatic carbocycles. The van der Waals surface area contributed by atoms with Crippen molar-refractivity contribution in [3.63, 3.8) is 0 Å². The first kappa shape index (κ1) is 23.1. The summed E-state index contributed by atoms with van der Waals surface area (Å²) in [5.74, 6) is 0.459. The van der Waals surface area contributed by atoms with E-state index < -0.39 is 17.6 Å². The lowest BCUT2D eigenvalue weighted by atomic mass is 9.50. The number of anilines is 1. The van der Waals surface area contributed by atoms with Gasteiger partial charge in [-0.2, -0.15) is 13.2 Å². The summed E-state index contributed by atoms with van der Waals surface area (Å²) in [6, 6.07) is 10.2. The molecule has 1 aromatic heterocycles. The van der Waals surface area contributed by atoms with Gasteiger partial charge >= 0.3 is 6.18 Å². The van der Waals surface area contributed by atoms with E-state index in [2.05, 4.69) is 40.0 Å². The van der Waals surface area contributed by atoms with Crippen LogP contribution < -0.4 is 4.90 Å². The summed E-state index contributed by atoms with van der Waals surface area (Å²) in [5.41, 5.74) is 0.996. The number of carbonyl (C=O) groups is 1. The predicted molar refractivity (Wildman–Crippen MR) is 125 cm³/mol. The Balaban J connectivity index is 1.52. The van der Waals surface area contributed by atoms with Gasteiger partial charge in [0.15, 0.2) is 0 Å². The Labute approximate surface area is 204 Å². The monoisotopic (exact) mass is 532 g/mol. The van der Waals surface area contributed by atoms with E-state index in [1.54, 1.807) is 12.4 Å². The molecule has 1 amide bonds. The van der Waals surface area contributed by atoms with Crippen LogP contribution in [-0.4, -0.2) is 20.7 Å². The average Bonchev–Trinajstić information content (AvgIpc) is 3.28. The van der Waals surface area contributed by atoms with Crippen LogP contribution in [0.2, 0.25) is 0 Å². The van der Waals surface area contributed by atoms with Crippen molar-refractivity contribution in [3.8, 4) is 0 Å². The zero-order valence-electron chi connectivity index (χ0n) is 19.1. The fourth-order valence-electron chi connectivity index (χ4n) is 5.82. The van der Waals surface area contributed by atoms with Gasteiger partial charge in [-0.3, -0.25) is 4.79 Å². The molecule has 178 valence electrons. The second kappa shape index (κ2) is 7.66. The van der Waals surface area contributed by atoms with Gasteiger partial charge in [-0.1, -0.05) is 41.9 Å². The number of aryl methyl sites for hydroxylation is 1. The second-order valence-electron chi connectivity index (χ2n) is 10.3. The van der Waals surface area contributed by atoms with E-state index in [4.69, 9.17) is 0 Å². The maximum absolute atomic E-state index is 13.7. The van der Waals surface area contributed by atoms with Crippen LogP contribution in [0.15, 0.2) is 47.2 Å². The molecule has 0 saturated heterocycles. The van der Waals surface area contributed by atoms with Crippen LogP contribution in [0.5, 0.6) is 0 Å². The summed E-state index contributed by atoms with van der Waals surface area (Å²) in [7, 11) is 1.92. The number of carbonyl (C=O) groups excluding carboxylic acids is 1. The normalized spacial score (nSPS) is 18.7. The van der Waals surface area contributed by atoms with E-state index >= 15 is 0 Å². The Hall–Kier alpha value is -2.68. The van der Waals surface area contributed by atoms with Gasteiger partial charge in [0.2, 0.25) is 0 Å². The number of rotatable bonds is 4. The first-order valence-electron chi connectivity index (χ1n) is 11.0. The smallest absolute Gasteiger partial charge is 0.321 e. The summed E-state index contributed by atoms with van der Waals surface area (Å²) < 4.78 is 43.2. The van der Waals surface area contributed by atoms with Crippen LogP contribution in [0.4, 0.5) is 18.9 Å². The lowest BCUT2D eigenvalue weighted by molar-refractivity contribution is -0.138. The second-order valence-corrected chi connectivity index (χ2v) is 11.2. The Bertz CT molecular complexity index is 1290. The van der Waals surface area contributed by atoms with Crippen LogP contribution >= 0.6 is 15.9 Å². The Morgan fingerprint density at radius 1 is 1.15 bits per heavy atom. The molecule has 34 heavy (non-hydrogen) atoms. The van der Waals surface area contributed by atoms with E-state index in [0.29, 0.717) is 12.1 Å². The van der Waals surface area contributed by atoms with Crippen LogP contribution in [0, 0.1) is 5.41 Å². The fourth-order valence-corrected chi connectivity index (χ4v) is 6.28. The van der Waals surface area contributed by atoms with E-state index in [-0.39, 0.29) is 33.0 Å². The lowest BCUT2D eigenvalue weighted by Crippen LogP contribution is -2.48. The van der Waals surface area contributed by atoms with Crippen molar-refractivity contribution >= 4 is 27.5 Å². The Kier molecular flexibility index (Phi) is 5.20. The van der Waals surface area contributed by atoms with Crippen LogP contribution in [-0.2, 0) is 31.6 Å². The van der Waals surface area contributed by atoms with Crippen LogP contribution in [0.1, 0.15) is 59.6 Å². The molecule has 0 N–H and O–H groups in total. The molecule has 2 heterocycles. The molecule has 0 atom stereocenters. The summed E-state index contributed by atoms with van der Waals surface area (Å²) in [5, 5.41) is 8.28. The SMILES string of the molecule is Cn1cnnc1CC1(c2cccc(N3Cc4c(cc(Br)cc4C(F)(F)F)C3=O)c2)CC(C)(C)C1. The highest BCUT2D eigenvalue weighted by molar-refractivity contribution is 9.10. The van der Waals surface area contributed by atoms with Crippen molar-refractivity contribution in [2.24, 2.45) is 12.5 Å². The maximum atomic E-state index is 13.7. The summed E-state index contributed by atoms with van der Waals surface area (Å²) in [4.78, 5) is 14.6. The van der Waals surface area contributed by atoms with Crippen molar-refractivity contribution in [1.82, 2.24) is 14.8 Å². The molecule has 1 saturated carbocycles. The van der Waals surface area contributed by atoms with Gasteiger partial charge in [0, 0.05) is 34.6 Å². The van der Waals surface area contributed by atoms with Gasteiger partial charge < -0.3 is 9.47 Å². The molecule has 2 aliphatic rings. The standard InChI is InChI=1S/C25H24BrF3N4O/c1-23(2)12-24(13-23,10-21-31-30-14-32(21)3)15-5-4-6-17(7-15)33-11-19-18(22(33)34)8-16(26)9-20(19)25(27,28)29/h4-9,14H,10-13H2,1-3H3. The Morgan fingerprint density at radius 2 is 1.88 bits per heavy atom. The van der Waals surface area contributed by atoms with Crippen LogP contribution in [0.25, 0.3) is 0 Å². The molecule has 9 heteroatoms. The molecule has 0 unspecified atom stereocenters. The number of amides is 1. The molecule has 1 aliphatic heterocycles. The summed E-state index contributed by atoms with van der Waals surface area (Å²) >= 11 is 3.13. The highest BCUT2D eigenvalue weighted by atomic mass is 79.9. The number of nitrogens with zero attached hydrogens (tertiary/aromatic N) is 4. The minimum Gasteiger partial charge on any atom is -0.321 e. The van der Waals surface area contributed by atoms with Gasteiger partial charge in [-0.05, 0) is 53.6 Å². The van der Waals surface area contributed by atoms with Crippen molar-refractivity contribution < 1.29 is 18.0 Å². The third kappa shape index (κ3) is 3.83. The van der Waals surface area contributed by atoms with Crippen molar-refractivity contribution in [2.45, 2.75) is 51.2 Å². The van der Waals surface area contributed by atoms with Crippen molar-refractivity contribution in [3.05, 3.63) is 75.3 Å². The number of hydrogen-bond donors (Lipinski definition) is 0. The summed E-state index contributed by atoms with van der Waals surface area (Å²) in [6.07, 6.45) is -0.273. The lowest BCUT2D eigenvalue weighted by Gasteiger charge is -2.54. The van der Waals surface area contributed by atoms with E-state index in [0.717, 1.165) is 30.3 Å². The molecule has 3 aromatic rings. The largest absolute Gasteiger partial charge is 0.416 e. The van der Waals surface area contributed by atoms with Gasteiger partial charge in [-0.15, -0.1) is 10.2 Å². The minimum atomic E-state index is -4.54. The average molecular weight is 533 g/mol. The first-order valence-corrected chi connectivity index (χ1v) is 11.8. The fraction of sp³-hybridized carbons (Fsp3) is 0.400. The zero-order chi connectivity index (χ0) is 24.5. The number of halogens is 4. The highest BCUT2D eigenvalue weighted by Crippen LogP contribution is 2.57.